The Labute approximate surface area is 126 Å². The van der Waals surface area contributed by atoms with E-state index in [9.17, 15) is 5.11 Å². The number of aromatic hydroxyl groups is 1. The molecule has 2 nitrogen and oxygen atoms in total. The van der Waals surface area contributed by atoms with Crippen LogP contribution in [0.4, 0.5) is 5.69 Å². The monoisotopic (exact) mass is 327 g/mol. The van der Waals surface area contributed by atoms with Crippen molar-refractivity contribution in [2.24, 2.45) is 0 Å². The van der Waals surface area contributed by atoms with Crippen molar-refractivity contribution in [2.45, 2.75) is 6.54 Å². The minimum Gasteiger partial charge on any atom is -0.506 e. The van der Waals surface area contributed by atoms with Gasteiger partial charge in [-0.15, -0.1) is 0 Å². The molecule has 0 radical (unpaired) electrons. The first-order valence-electron chi connectivity index (χ1n) is 6.43. The summed E-state index contributed by atoms with van der Waals surface area (Å²) in [6, 6.07) is 20.2. The number of anilines is 1. The summed E-state index contributed by atoms with van der Waals surface area (Å²) in [5.74, 6) is 0.292. The predicted molar refractivity (Wildman–Crippen MR) is 87.1 cm³/mol. The Balaban J connectivity index is 1.81. The zero-order valence-corrected chi connectivity index (χ0v) is 12.4. The van der Waals surface area contributed by atoms with Gasteiger partial charge in [-0.1, -0.05) is 42.5 Å². The smallest absolute Gasteiger partial charge is 0.134 e. The molecule has 3 rings (SSSR count). The number of phenolic OH excluding ortho intramolecular Hbond substituents is 1. The SMILES string of the molecule is Oc1c(Br)cccc1CNc1ccc2ccccc2c1. The maximum atomic E-state index is 9.96. The highest BCUT2D eigenvalue weighted by atomic mass is 79.9. The van der Waals surface area contributed by atoms with Crippen LogP contribution in [-0.4, -0.2) is 5.11 Å². The van der Waals surface area contributed by atoms with Gasteiger partial charge in [-0.05, 0) is 44.9 Å². The first kappa shape index (κ1) is 13.0. The standard InChI is InChI=1S/C17H14BrNO/c18-16-7-3-6-14(17(16)20)11-19-15-9-8-12-4-1-2-5-13(12)10-15/h1-10,19-20H,11H2. The van der Waals surface area contributed by atoms with Crippen molar-refractivity contribution in [3.05, 3.63) is 70.7 Å². The fourth-order valence-corrected chi connectivity index (χ4v) is 2.61. The number of fused-ring (bicyclic) bond motifs is 1. The molecule has 0 aliphatic heterocycles. The molecule has 3 aromatic carbocycles. The lowest BCUT2D eigenvalue weighted by Crippen LogP contribution is -1.99. The topological polar surface area (TPSA) is 32.3 Å². The second-order valence-corrected chi connectivity index (χ2v) is 5.52. The van der Waals surface area contributed by atoms with E-state index in [1.165, 1.54) is 10.8 Å². The number of para-hydroxylation sites is 1. The average Bonchev–Trinajstić information content (AvgIpc) is 2.48. The molecule has 0 amide bonds. The molecule has 3 heteroatoms. The zero-order valence-electron chi connectivity index (χ0n) is 10.8. The van der Waals surface area contributed by atoms with Crippen LogP contribution >= 0.6 is 15.9 Å². The Kier molecular flexibility index (Phi) is 3.61. The molecule has 0 fully saturated rings. The second kappa shape index (κ2) is 5.55. The Morgan fingerprint density at radius 2 is 1.70 bits per heavy atom. The van der Waals surface area contributed by atoms with E-state index in [0.29, 0.717) is 12.3 Å². The first-order chi connectivity index (χ1) is 9.74. The van der Waals surface area contributed by atoms with Gasteiger partial charge in [-0.3, -0.25) is 0 Å². The summed E-state index contributed by atoms with van der Waals surface area (Å²) in [5.41, 5.74) is 1.91. The molecule has 0 atom stereocenters. The van der Waals surface area contributed by atoms with Gasteiger partial charge < -0.3 is 10.4 Å². The minimum atomic E-state index is 0.292. The van der Waals surface area contributed by atoms with Crippen LogP contribution < -0.4 is 5.32 Å². The molecule has 3 aromatic rings. The lowest BCUT2D eigenvalue weighted by Gasteiger charge is -2.10. The quantitative estimate of drug-likeness (QED) is 0.715. The highest BCUT2D eigenvalue weighted by Gasteiger charge is 2.04. The molecule has 0 spiro atoms. The van der Waals surface area contributed by atoms with Gasteiger partial charge in [0.2, 0.25) is 0 Å². The van der Waals surface area contributed by atoms with Gasteiger partial charge in [0.25, 0.3) is 0 Å². The number of rotatable bonds is 3. The number of benzene rings is 3. The Bertz CT molecular complexity index is 755. The van der Waals surface area contributed by atoms with Crippen molar-refractivity contribution in [1.82, 2.24) is 0 Å². The Hall–Kier alpha value is -2.00. The fourth-order valence-electron chi connectivity index (χ4n) is 2.20. The largest absolute Gasteiger partial charge is 0.506 e. The van der Waals surface area contributed by atoms with Crippen molar-refractivity contribution in [3.63, 3.8) is 0 Å². The van der Waals surface area contributed by atoms with Crippen molar-refractivity contribution < 1.29 is 5.11 Å². The maximum Gasteiger partial charge on any atom is 0.134 e. The summed E-state index contributed by atoms with van der Waals surface area (Å²) in [6.45, 7) is 0.587. The van der Waals surface area contributed by atoms with E-state index in [-0.39, 0.29) is 0 Å². The molecule has 0 saturated heterocycles. The van der Waals surface area contributed by atoms with Crippen LogP contribution in [0.15, 0.2) is 65.1 Å². The summed E-state index contributed by atoms with van der Waals surface area (Å²) in [4.78, 5) is 0. The first-order valence-corrected chi connectivity index (χ1v) is 7.22. The molecule has 0 aliphatic rings. The summed E-state index contributed by atoms with van der Waals surface area (Å²) < 4.78 is 0.718. The van der Waals surface area contributed by atoms with E-state index in [4.69, 9.17) is 0 Å². The van der Waals surface area contributed by atoms with Gasteiger partial charge in [-0.25, -0.2) is 0 Å². The van der Waals surface area contributed by atoms with Crippen molar-refractivity contribution in [1.29, 1.82) is 0 Å². The summed E-state index contributed by atoms with van der Waals surface area (Å²) in [6.07, 6.45) is 0. The van der Waals surface area contributed by atoms with Crippen LogP contribution in [0, 0.1) is 0 Å². The lowest BCUT2D eigenvalue weighted by atomic mass is 10.1. The molecule has 20 heavy (non-hydrogen) atoms. The number of hydrogen-bond donors (Lipinski definition) is 2. The van der Waals surface area contributed by atoms with Crippen molar-refractivity contribution >= 4 is 32.4 Å². The van der Waals surface area contributed by atoms with Crippen LogP contribution in [-0.2, 0) is 6.54 Å². The molecular formula is C17H14BrNO. The Morgan fingerprint density at radius 1 is 0.900 bits per heavy atom. The highest BCUT2D eigenvalue weighted by molar-refractivity contribution is 9.10. The van der Waals surface area contributed by atoms with Crippen molar-refractivity contribution in [2.75, 3.05) is 5.32 Å². The molecule has 0 bridgehead atoms. The van der Waals surface area contributed by atoms with Crippen LogP contribution in [0.25, 0.3) is 10.8 Å². The average molecular weight is 328 g/mol. The molecule has 100 valence electrons. The Morgan fingerprint density at radius 3 is 2.55 bits per heavy atom. The van der Waals surface area contributed by atoms with E-state index in [2.05, 4.69) is 51.6 Å². The maximum absolute atomic E-state index is 9.96. The molecule has 0 aromatic heterocycles. The normalized spacial score (nSPS) is 10.7. The molecule has 0 unspecified atom stereocenters. The van der Waals surface area contributed by atoms with Gasteiger partial charge >= 0.3 is 0 Å². The highest BCUT2D eigenvalue weighted by Crippen LogP contribution is 2.28. The van der Waals surface area contributed by atoms with E-state index in [1.54, 1.807) is 0 Å². The molecule has 2 N–H and O–H groups in total. The fraction of sp³-hybridized carbons (Fsp3) is 0.0588. The molecule has 0 saturated carbocycles. The zero-order chi connectivity index (χ0) is 13.9. The molecule has 0 heterocycles. The predicted octanol–water partition coefficient (Wildman–Crippen LogP) is 4.92. The third-order valence-corrected chi connectivity index (χ3v) is 3.94. The van der Waals surface area contributed by atoms with Crippen LogP contribution in [0.5, 0.6) is 5.75 Å². The summed E-state index contributed by atoms with van der Waals surface area (Å²) >= 11 is 3.33. The second-order valence-electron chi connectivity index (χ2n) is 4.66. The van der Waals surface area contributed by atoms with Crippen molar-refractivity contribution in [3.8, 4) is 5.75 Å². The van der Waals surface area contributed by atoms with Gasteiger partial charge in [0.15, 0.2) is 0 Å². The van der Waals surface area contributed by atoms with E-state index >= 15 is 0 Å². The van der Waals surface area contributed by atoms with E-state index in [1.807, 2.05) is 30.3 Å². The third kappa shape index (κ3) is 2.63. The van der Waals surface area contributed by atoms with Crippen LogP contribution in [0.1, 0.15) is 5.56 Å². The number of nitrogens with one attached hydrogen (secondary N) is 1. The number of halogens is 1. The van der Waals surface area contributed by atoms with Gasteiger partial charge in [0.05, 0.1) is 4.47 Å². The van der Waals surface area contributed by atoms with Gasteiger partial charge in [-0.2, -0.15) is 0 Å². The summed E-state index contributed by atoms with van der Waals surface area (Å²) in [5, 5.41) is 15.7. The van der Waals surface area contributed by atoms with Gasteiger partial charge in [0.1, 0.15) is 5.75 Å². The number of phenols is 1. The number of hydrogen-bond acceptors (Lipinski definition) is 2. The van der Waals surface area contributed by atoms with E-state index < -0.39 is 0 Å². The third-order valence-electron chi connectivity index (χ3n) is 3.30. The summed E-state index contributed by atoms with van der Waals surface area (Å²) in [7, 11) is 0. The van der Waals surface area contributed by atoms with E-state index in [0.717, 1.165) is 15.7 Å². The van der Waals surface area contributed by atoms with Crippen LogP contribution in [0.3, 0.4) is 0 Å². The molecular weight excluding hydrogens is 314 g/mol. The lowest BCUT2D eigenvalue weighted by molar-refractivity contribution is 0.465. The molecule has 0 aliphatic carbocycles. The minimum absolute atomic E-state index is 0.292. The van der Waals surface area contributed by atoms with Gasteiger partial charge in [0, 0.05) is 17.8 Å². The van der Waals surface area contributed by atoms with Crippen LogP contribution in [0.2, 0.25) is 0 Å².